The SMILES string of the molecule is CCC1(CC)NC(=O)N(Cc2cc(-c3ccc(C)cc3)no2)C1=O. The number of nitrogens with zero attached hydrogens (tertiary/aromatic N) is 2. The first-order valence-electron chi connectivity index (χ1n) is 8.16. The molecule has 3 amide bonds. The molecule has 0 saturated carbocycles. The molecule has 0 spiro atoms. The van der Waals surface area contributed by atoms with Crippen LogP contribution in [0.2, 0.25) is 0 Å². The van der Waals surface area contributed by atoms with Crippen LogP contribution >= 0.6 is 0 Å². The molecule has 2 aromatic rings. The van der Waals surface area contributed by atoms with Gasteiger partial charge in [-0.1, -0.05) is 48.8 Å². The molecule has 0 atom stereocenters. The average molecular weight is 327 g/mol. The van der Waals surface area contributed by atoms with Crippen LogP contribution in [-0.4, -0.2) is 27.5 Å². The summed E-state index contributed by atoms with van der Waals surface area (Å²) in [7, 11) is 0. The zero-order valence-electron chi connectivity index (χ0n) is 14.1. The summed E-state index contributed by atoms with van der Waals surface area (Å²) < 4.78 is 5.32. The molecular formula is C18H21N3O3. The smallest absolute Gasteiger partial charge is 0.325 e. The molecule has 2 heterocycles. The maximum Gasteiger partial charge on any atom is 0.325 e. The summed E-state index contributed by atoms with van der Waals surface area (Å²) >= 11 is 0. The topological polar surface area (TPSA) is 75.4 Å². The Labute approximate surface area is 140 Å². The monoisotopic (exact) mass is 327 g/mol. The molecule has 3 rings (SSSR count). The Bertz CT molecular complexity index is 760. The average Bonchev–Trinajstić information content (AvgIpc) is 3.14. The number of aromatic nitrogens is 1. The maximum absolute atomic E-state index is 12.6. The number of benzene rings is 1. The van der Waals surface area contributed by atoms with Crippen LogP contribution in [0.4, 0.5) is 4.79 Å². The Morgan fingerprint density at radius 2 is 1.83 bits per heavy atom. The van der Waals surface area contributed by atoms with Gasteiger partial charge in [0.05, 0.1) is 6.54 Å². The number of carbonyl (C=O) groups is 2. The van der Waals surface area contributed by atoms with E-state index in [-0.39, 0.29) is 18.5 Å². The molecule has 6 heteroatoms. The molecule has 1 aliphatic heterocycles. The fourth-order valence-corrected chi connectivity index (χ4v) is 2.95. The third kappa shape index (κ3) is 2.68. The molecule has 1 aromatic heterocycles. The van der Waals surface area contributed by atoms with Gasteiger partial charge < -0.3 is 9.84 Å². The van der Waals surface area contributed by atoms with Gasteiger partial charge in [0, 0.05) is 11.6 Å². The minimum Gasteiger partial charge on any atom is -0.359 e. The number of urea groups is 1. The molecule has 0 bridgehead atoms. The van der Waals surface area contributed by atoms with Crippen molar-refractivity contribution in [2.75, 3.05) is 0 Å². The first kappa shape index (κ1) is 16.2. The number of nitrogens with one attached hydrogen (secondary N) is 1. The summed E-state index contributed by atoms with van der Waals surface area (Å²) in [6.45, 7) is 5.90. The summed E-state index contributed by atoms with van der Waals surface area (Å²) in [6.07, 6.45) is 1.13. The summed E-state index contributed by atoms with van der Waals surface area (Å²) in [5.41, 5.74) is 1.99. The molecule has 0 radical (unpaired) electrons. The van der Waals surface area contributed by atoms with Crippen LogP contribution in [-0.2, 0) is 11.3 Å². The lowest BCUT2D eigenvalue weighted by atomic mass is 9.93. The van der Waals surface area contributed by atoms with Crippen molar-refractivity contribution in [1.29, 1.82) is 0 Å². The van der Waals surface area contributed by atoms with Crippen molar-refractivity contribution in [3.05, 3.63) is 41.7 Å². The van der Waals surface area contributed by atoms with E-state index in [4.69, 9.17) is 4.52 Å². The number of carbonyl (C=O) groups excluding carboxylic acids is 2. The number of hydrogen-bond acceptors (Lipinski definition) is 4. The summed E-state index contributed by atoms with van der Waals surface area (Å²) in [4.78, 5) is 26.0. The van der Waals surface area contributed by atoms with Gasteiger partial charge in [-0.15, -0.1) is 0 Å². The first-order valence-corrected chi connectivity index (χ1v) is 8.16. The van der Waals surface area contributed by atoms with Crippen molar-refractivity contribution in [3.63, 3.8) is 0 Å². The predicted octanol–water partition coefficient (Wildman–Crippen LogP) is 3.26. The van der Waals surface area contributed by atoms with E-state index in [2.05, 4.69) is 10.5 Å². The van der Waals surface area contributed by atoms with Gasteiger partial charge in [0.1, 0.15) is 11.2 Å². The van der Waals surface area contributed by atoms with E-state index in [0.29, 0.717) is 24.3 Å². The van der Waals surface area contributed by atoms with E-state index in [9.17, 15) is 9.59 Å². The summed E-state index contributed by atoms with van der Waals surface area (Å²) in [5.74, 6) is 0.280. The molecular weight excluding hydrogens is 306 g/mol. The normalized spacial score (nSPS) is 16.5. The fourth-order valence-electron chi connectivity index (χ4n) is 2.95. The van der Waals surface area contributed by atoms with Gasteiger partial charge in [0.2, 0.25) is 0 Å². The van der Waals surface area contributed by atoms with Crippen LogP contribution in [0, 0.1) is 6.92 Å². The third-order valence-electron chi connectivity index (χ3n) is 4.67. The van der Waals surface area contributed by atoms with Gasteiger partial charge in [-0.2, -0.15) is 0 Å². The number of imide groups is 1. The van der Waals surface area contributed by atoms with Crippen LogP contribution in [0.15, 0.2) is 34.9 Å². The van der Waals surface area contributed by atoms with Gasteiger partial charge in [0.25, 0.3) is 5.91 Å². The van der Waals surface area contributed by atoms with E-state index in [1.807, 2.05) is 45.0 Å². The number of rotatable bonds is 5. The van der Waals surface area contributed by atoms with Crippen molar-refractivity contribution in [2.45, 2.75) is 45.7 Å². The van der Waals surface area contributed by atoms with Crippen molar-refractivity contribution in [2.24, 2.45) is 0 Å². The van der Waals surface area contributed by atoms with Crippen molar-refractivity contribution in [3.8, 4) is 11.3 Å². The van der Waals surface area contributed by atoms with Crippen molar-refractivity contribution in [1.82, 2.24) is 15.4 Å². The van der Waals surface area contributed by atoms with E-state index >= 15 is 0 Å². The van der Waals surface area contributed by atoms with Crippen LogP contribution in [0.5, 0.6) is 0 Å². The molecule has 24 heavy (non-hydrogen) atoms. The minimum atomic E-state index is -0.795. The van der Waals surface area contributed by atoms with E-state index in [0.717, 1.165) is 11.1 Å². The highest BCUT2D eigenvalue weighted by Crippen LogP contribution is 2.27. The first-order chi connectivity index (χ1) is 11.5. The van der Waals surface area contributed by atoms with Crippen LogP contribution < -0.4 is 5.32 Å². The molecule has 1 saturated heterocycles. The Morgan fingerprint density at radius 3 is 2.42 bits per heavy atom. The van der Waals surface area contributed by atoms with Crippen LogP contribution in [0.1, 0.15) is 38.0 Å². The Balaban J connectivity index is 1.79. The molecule has 1 fully saturated rings. The predicted molar refractivity (Wildman–Crippen MR) is 89.1 cm³/mol. The second-order valence-corrected chi connectivity index (χ2v) is 6.16. The minimum absolute atomic E-state index is 0.0886. The second kappa shape index (κ2) is 6.11. The summed E-state index contributed by atoms with van der Waals surface area (Å²) in [6, 6.07) is 9.31. The number of aryl methyl sites for hydroxylation is 1. The van der Waals surface area contributed by atoms with Gasteiger partial charge in [0.15, 0.2) is 5.76 Å². The largest absolute Gasteiger partial charge is 0.359 e. The lowest BCUT2D eigenvalue weighted by Gasteiger charge is -2.22. The standard InChI is InChI=1S/C18H21N3O3/c1-4-18(5-2)16(22)21(17(23)19-18)11-14-10-15(20-24-14)13-8-6-12(3)7-9-13/h6-10H,4-5,11H2,1-3H3,(H,19,23). The zero-order valence-corrected chi connectivity index (χ0v) is 14.1. The summed E-state index contributed by atoms with van der Waals surface area (Å²) in [5, 5.41) is 6.85. The Kier molecular flexibility index (Phi) is 4.13. The molecule has 1 N–H and O–H groups in total. The van der Waals surface area contributed by atoms with Gasteiger partial charge in [-0.25, -0.2) is 4.79 Å². The molecule has 1 aromatic carbocycles. The Hall–Kier alpha value is -2.63. The van der Waals surface area contributed by atoms with E-state index in [1.54, 1.807) is 6.07 Å². The van der Waals surface area contributed by atoms with Crippen molar-refractivity contribution >= 4 is 11.9 Å². The lowest BCUT2D eigenvalue weighted by Crippen LogP contribution is -2.45. The lowest BCUT2D eigenvalue weighted by molar-refractivity contribution is -0.132. The highest BCUT2D eigenvalue weighted by Gasteiger charge is 2.48. The van der Waals surface area contributed by atoms with Gasteiger partial charge in [-0.3, -0.25) is 9.69 Å². The van der Waals surface area contributed by atoms with E-state index < -0.39 is 5.54 Å². The molecule has 1 aliphatic rings. The van der Waals surface area contributed by atoms with Gasteiger partial charge >= 0.3 is 6.03 Å². The molecule has 0 aliphatic carbocycles. The quantitative estimate of drug-likeness (QED) is 0.855. The molecule has 6 nitrogen and oxygen atoms in total. The van der Waals surface area contributed by atoms with Crippen LogP contribution in [0.3, 0.4) is 0 Å². The Morgan fingerprint density at radius 1 is 1.17 bits per heavy atom. The second-order valence-electron chi connectivity index (χ2n) is 6.16. The van der Waals surface area contributed by atoms with Gasteiger partial charge in [-0.05, 0) is 19.8 Å². The number of amides is 3. The fraction of sp³-hybridized carbons (Fsp3) is 0.389. The van der Waals surface area contributed by atoms with Crippen molar-refractivity contribution < 1.29 is 14.1 Å². The molecule has 0 unspecified atom stereocenters. The van der Waals surface area contributed by atoms with Crippen LogP contribution in [0.25, 0.3) is 11.3 Å². The highest BCUT2D eigenvalue weighted by atomic mass is 16.5. The molecule has 126 valence electrons. The maximum atomic E-state index is 12.6. The number of hydrogen-bond donors (Lipinski definition) is 1. The highest BCUT2D eigenvalue weighted by molar-refractivity contribution is 6.06. The zero-order chi connectivity index (χ0) is 17.3. The third-order valence-corrected chi connectivity index (χ3v) is 4.67. The van der Waals surface area contributed by atoms with E-state index in [1.165, 1.54) is 4.90 Å².